The molecule has 1 fully saturated rings. The Balaban J connectivity index is 1.96. The average molecular weight is 236 g/mol. The van der Waals surface area contributed by atoms with Crippen LogP contribution >= 0.6 is 0 Å². The quantitative estimate of drug-likeness (QED) is 0.827. The van der Waals surface area contributed by atoms with E-state index in [9.17, 15) is 4.79 Å². The van der Waals surface area contributed by atoms with Crippen molar-refractivity contribution in [3.63, 3.8) is 0 Å². The van der Waals surface area contributed by atoms with Crippen molar-refractivity contribution in [2.75, 3.05) is 20.1 Å². The lowest BCUT2D eigenvalue weighted by atomic mass is 10.0. The summed E-state index contributed by atoms with van der Waals surface area (Å²) < 4.78 is 1.69. The number of piperidine rings is 1. The van der Waals surface area contributed by atoms with Gasteiger partial charge in [0.05, 0.1) is 0 Å². The van der Waals surface area contributed by atoms with Crippen molar-refractivity contribution in [2.45, 2.75) is 31.8 Å². The van der Waals surface area contributed by atoms with E-state index in [1.807, 2.05) is 24.2 Å². The summed E-state index contributed by atoms with van der Waals surface area (Å²) in [5.41, 5.74) is 0. The molecule has 1 atom stereocenters. The molecule has 1 aliphatic heterocycles. The highest BCUT2D eigenvalue weighted by molar-refractivity contribution is 5.76. The van der Waals surface area contributed by atoms with E-state index in [-0.39, 0.29) is 5.91 Å². The smallest absolute Gasteiger partial charge is 0.244 e. The van der Waals surface area contributed by atoms with E-state index in [1.165, 1.54) is 6.42 Å². The highest BCUT2D eigenvalue weighted by atomic mass is 16.2. The van der Waals surface area contributed by atoms with E-state index in [4.69, 9.17) is 0 Å². The van der Waals surface area contributed by atoms with Crippen LogP contribution in [0.2, 0.25) is 0 Å². The molecule has 0 bridgehead atoms. The number of nitrogens with one attached hydrogen (secondary N) is 1. The van der Waals surface area contributed by atoms with Crippen molar-refractivity contribution >= 4 is 5.91 Å². The van der Waals surface area contributed by atoms with E-state index in [0.717, 1.165) is 25.9 Å². The van der Waals surface area contributed by atoms with Crippen LogP contribution < -0.4 is 5.32 Å². The molecule has 0 radical (unpaired) electrons. The zero-order valence-corrected chi connectivity index (χ0v) is 10.3. The maximum Gasteiger partial charge on any atom is 0.244 e. The van der Waals surface area contributed by atoms with E-state index in [0.29, 0.717) is 12.6 Å². The Bertz CT molecular complexity index is 347. The van der Waals surface area contributed by atoms with Gasteiger partial charge in [-0.25, -0.2) is 0 Å². The van der Waals surface area contributed by atoms with Gasteiger partial charge in [0, 0.05) is 31.5 Å². The molecule has 5 nitrogen and oxygen atoms in total. The number of nitrogens with zero attached hydrogens (tertiary/aromatic N) is 3. The SMILES string of the molecule is CNCC1CCCCN1C(=O)Cn1cccn1. The van der Waals surface area contributed by atoms with E-state index in [1.54, 1.807) is 10.9 Å². The number of hydrogen-bond donors (Lipinski definition) is 1. The first-order valence-electron chi connectivity index (χ1n) is 6.23. The van der Waals surface area contributed by atoms with Crippen molar-refractivity contribution in [1.82, 2.24) is 20.0 Å². The Morgan fingerprint density at radius 2 is 2.41 bits per heavy atom. The highest BCUT2D eigenvalue weighted by Gasteiger charge is 2.25. The summed E-state index contributed by atoms with van der Waals surface area (Å²) in [7, 11) is 1.94. The summed E-state index contributed by atoms with van der Waals surface area (Å²) in [6.45, 7) is 2.12. The van der Waals surface area contributed by atoms with E-state index < -0.39 is 0 Å². The fourth-order valence-corrected chi connectivity index (χ4v) is 2.40. The monoisotopic (exact) mass is 236 g/mol. The molecule has 1 aromatic rings. The van der Waals surface area contributed by atoms with Gasteiger partial charge in [0.2, 0.25) is 5.91 Å². The number of carbonyl (C=O) groups excluding carboxylic acids is 1. The second kappa shape index (κ2) is 5.82. The Morgan fingerprint density at radius 3 is 3.12 bits per heavy atom. The zero-order valence-electron chi connectivity index (χ0n) is 10.3. The number of carbonyl (C=O) groups is 1. The van der Waals surface area contributed by atoms with Crippen LogP contribution in [0.1, 0.15) is 19.3 Å². The van der Waals surface area contributed by atoms with E-state index >= 15 is 0 Å². The lowest BCUT2D eigenvalue weighted by molar-refractivity contribution is -0.135. The zero-order chi connectivity index (χ0) is 12.1. The number of likely N-dealkylation sites (tertiary alicyclic amines) is 1. The molecule has 1 aliphatic rings. The normalized spacial score (nSPS) is 20.5. The summed E-state index contributed by atoms with van der Waals surface area (Å²) in [5, 5.41) is 7.24. The van der Waals surface area contributed by atoms with Crippen LogP contribution in [0.4, 0.5) is 0 Å². The Labute approximate surface area is 102 Å². The third-order valence-corrected chi connectivity index (χ3v) is 3.24. The van der Waals surface area contributed by atoms with Crippen molar-refractivity contribution in [3.8, 4) is 0 Å². The fourth-order valence-electron chi connectivity index (χ4n) is 2.40. The number of hydrogen-bond acceptors (Lipinski definition) is 3. The van der Waals surface area contributed by atoms with Crippen LogP contribution in [-0.4, -0.2) is 46.8 Å². The molecule has 5 heteroatoms. The van der Waals surface area contributed by atoms with Crippen molar-refractivity contribution in [2.24, 2.45) is 0 Å². The molecule has 2 heterocycles. The molecule has 1 unspecified atom stereocenters. The topological polar surface area (TPSA) is 50.2 Å². The molecule has 17 heavy (non-hydrogen) atoms. The minimum Gasteiger partial charge on any atom is -0.337 e. The minimum absolute atomic E-state index is 0.175. The standard InChI is InChI=1S/C12H20N4O/c1-13-9-11-5-2-3-8-16(11)12(17)10-15-7-4-6-14-15/h4,6-7,11,13H,2-3,5,8-10H2,1H3. The summed E-state index contributed by atoms with van der Waals surface area (Å²) in [6, 6.07) is 2.19. The largest absolute Gasteiger partial charge is 0.337 e. The van der Waals surface area contributed by atoms with Gasteiger partial charge >= 0.3 is 0 Å². The van der Waals surface area contributed by atoms with Crippen LogP contribution in [0.5, 0.6) is 0 Å². The summed E-state index contributed by atoms with van der Waals surface area (Å²) in [5.74, 6) is 0.175. The van der Waals surface area contributed by atoms with Gasteiger partial charge in [0.15, 0.2) is 0 Å². The summed E-state index contributed by atoms with van der Waals surface area (Å²) in [4.78, 5) is 14.2. The molecule has 94 valence electrons. The lowest BCUT2D eigenvalue weighted by Gasteiger charge is -2.35. The first-order chi connectivity index (χ1) is 8.31. The first-order valence-corrected chi connectivity index (χ1v) is 6.23. The fraction of sp³-hybridized carbons (Fsp3) is 0.667. The second-order valence-electron chi connectivity index (χ2n) is 4.50. The number of rotatable bonds is 4. The molecule has 1 N–H and O–H groups in total. The van der Waals surface area contributed by atoms with Crippen LogP contribution in [0.3, 0.4) is 0 Å². The summed E-state index contributed by atoms with van der Waals surface area (Å²) >= 11 is 0. The molecule has 0 aliphatic carbocycles. The molecule has 1 amide bonds. The minimum atomic E-state index is 0.175. The van der Waals surface area contributed by atoms with Crippen molar-refractivity contribution in [3.05, 3.63) is 18.5 Å². The molecular weight excluding hydrogens is 216 g/mol. The van der Waals surface area contributed by atoms with Gasteiger partial charge in [-0.3, -0.25) is 9.48 Å². The van der Waals surface area contributed by atoms with Crippen LogP contribution in [0.25, 0.3) is 0 Å². The summed E-state index contributed by atoms with van der Waals surface area (Å²) in [6.07, 6.45) is 6.97. The second-order valence-corrected chi connectivity index (χ2v) is 4.50. The Kier molecular flexibility index (Phi) is 4.14. The Morgan fingerprint density at radius 1 is 1.53 bits per heavy atom. The lowest BCUT2D eigenvalue weighted by Crippen LogP contribution is -2.49. The van der Waals surface area contributed by atoms with Crippen molar-refractivity contribution < 1.29 is 4.79 Å². The van der Waals surface area contributed by atoms with Crippen LogP contribution in [0, 0.1) is 0 Å². The average Bonchev–Trinajstić information content (AvgIpc) is 2.83. The highest BCUT2D eigenvalue weighted by Crippen LogP contribution is 2.16. The molecular formula is C12H20N4O. The van der Waals surface area contributed by atoms with Gasteiger partial charge in [-0.05, 0) is 32.4 Å². The first kappa shape index (κ1) is 12.1. The number of amides is 1. The van der Waals surface area contributed by atoms with Gasteiger partial charge < -0.3 is 10.2 Å². The molecule has 2 rings (SSSR count). The molecule has 0 saturated carbocycles. The van der Waals surface area contributed by atoms with Gasteiger partial charge in [-0.15, -0.1) is 0 Å². The van der Waals surface area contributed by atoms with Gasteiger partial charge in [0.25, 0.3) is 0 Å². The maximum atomic E-state index is 12.2. The number of aromatic nitrogens is 2. The van der Waals surface area contributed by atoms with E-state index in [2.05, 4.69) is 10.4 Å². The predicted molar refractivity (Wildman–Crippen MR) is 65.5 cm³/mol. The molecule has 1 aromatic heterocycles. The van der Waals surface area contributed by atoms with Gasteiger partial charge in [0.1, 0.15) is 6.54 Å². The van der Waals surface area contributed by atoms with Crippen molar-refractivity contribution in [1.29, 1.82) is 0 Å². The van der Waals surface area contributed by atoms with Crippen LogP contribution in [-0.2, 0) is 11.3 Å². The molecule has 1 saturated heterocycles. The van der Waals surface area contributed by atoms with Gasteiger partial charge in [-0.2, -0.15) is 5.10 Å². The Hall–Kier alpha value is -1.36. The molecule has 0 spiro atoms. The third kappa shape index (κ3) is 3.06. The van der Waals surface area contributed by atoms with Gasteiger partial charge in [-0.1, -0.05) is 0 Å². The molecule has 0 aromatic carbocycles. The third-order valence-electron chi connectivity index (χ3n) is 3.24. The maximum absolute atomic E-state index is 12.2. The van der Waals surface area contributed by atoms with Crippen LogP contribution in [0.15, 0.2) is 18.5 Å². The number of likely N-dealkylation sites (N-methyl/N-ethyl adjacent to an activating group) is 1. The predicted octanol–water partition coefficient (Wildman–Crippen LogP) is 0.484.